The van der Waals surface area contributed by atoms with Crippen LogP contribution in [0.25, 0.3) is 0 Å². The molecule has 2 aliphatic rings. The first-order valence-corrected chi connectivity index (χ1v) is 8.67. The second kappa shape index (κ2) is 6.27. The van der Waals surface area contributed by atoms with E-state index < -0.39 is 12.0 Å². The molecule has 110 valence electrons. The van der Waals surface area contributed by atoms with E-state index in [9.17, 15) is 9.90 Å². The summed E-state index contributed by atoms with van der Waals surface area (Å²) in [5, 5.41) is 11.7. The van der Waals surface area contributed by atoms with Crippen molar-refractivity contribution in [1.29, 1.82) is 0 Å². The highest BCUT2D eigenvalue weighted by Gasteiger charge is 2.34. The van der Waals surface area contributed by atoms with Crippen LogP contribution < -0.4 is 0 Å². The number of thiophene rings is 1. The maximum atomic E-state index is 11.7. The molecule has 1 saturated carbocycles. The average molecular weight is 293 g/mol. The Bertz CT molecular complexity index is 463. The predicted molar refractivity (Wildman–Crippen MR) is 81.2 cm³/mol. The Labute approximate surface area is 124 Å². The normalized spacial score (nSPS) is 25.1. The molecule has 0 amide bonds. The van der Waals surface area contributed by atoms with Crippen molar-refractivity contribution in [2.45, 2.75) is 51.0 Å². The maximum absolute atomic E-state index is 11.7. The Morgan fingerprint density at radius 2 is 2.05 bits per heavy atom. The van der Waals surface area contributed by atoms with Gasteiger partial charge in [0.05, 0.1) is 0 Å². The lowest BCUT2D eigenvalue weighted by Gasteiger charge is -2.35. The Hall–Kier alpha value is -0.870. The molecular formula is C16H23NO2S. The number of nitrogens with zero attached hydrogens (tertiary/aromatic N) is 1. The molecular weight excluding hydrogens is 270 g/mol. The summed E-state index contributed by atoms with van der Waals surface area (Å²) < 4.78 is 0. The smallest absolute Gasteiger partial charge is 0.325 e. The number of fused-ring (bicyclic) bond motifs is 1. The third-order valence-corrected chi connectivity index (χ3v) is 5.76. The molecule has 1 N–H and O–H groups in total. The summed E-state index contributed by atoms with van der Waals surface area (Å²) in [6, 6.07) is 1.60. The van der Waals surface area contributed by atoms with E-state index in [2.05, 4.69) is 4.90 Å². The molecule has 1 atom stereocenters. The molecule has 20 heavy (non-hydrogen) atoms. The van der Waals surface area contributed by atoms with Crippen molar-refractivity contribution in [3.8, 4) is 0 Å². The fraction of sp³-hybridized carbons (Fsp3) is 0.688. The van der Waals surface area contributed by atoms with Gasteiger partial charge in [-0.3, -0.25) is 9.69 Å². The SMILES string of the molecule is O=C(O)C1c2ccsc2CCN1CC1CCCCCC1. The minimum Gasteiger partial charge on any atom is -0.480 e. The van der Waals surface area contributed by atoms with Crippen molar-refractivity contribution in [2.75, 3.05) is 13.1 Å². The third kappa shape index (κ3) is 2.91. The summed E-state index contributed by atoms with van der Waals surface area (Å²) >= 11 is 1.71. The summed E-state index contributed by atoms with van der Waals surface area (Å²) in [5.41, 5.74) is 1.04. The molecule has 0 radical (unpaired) electrons. The number of rotatable bonds is 3. The van der Waals surface area contributed by atoms with Crippen molar-refractivity contribution in [3.63, 3.8) is 0 Å². The Kier molecular flexibility index (Phi) is 4.41. The molecule has 1 aliphatic carbocycles. The molecule has 3 nitrogen and oxygen atoms in total. The topological polar surface area (TPSA) is 40.5 Å². The molecule has 3 rings (SSSR count). The van der Waals surface area contributed by atoms with Gasteiger partial charge in [-0.1, -0.05) is 25.7 Å². The van der Waals surface area contributed by atoms with Crippen molar-refractivity contribution in [3.05, 3.63) is 21.9 Å². The van der Waals surface area contributed by atoms with Crippen LogP contribution in [-0.4, -0.2) is 29.1 Å². The first kappa shape index (κ1) is 14.1. The zero-order valence-electron chi connectivity index (χ0n) is 11.9. The fourth-order valence-corrected chi connectivity index (χ4v) is 4.64. The van der Waals surface area contributed by atoms with Gasteiger partial charge >= 0.3 is 5.97 Å². The number of hydrogen-bond acceptors (Lipinski definition) is 3. The van der Waals surface area contributed by atoms with E-state index >= 15 is 0 Å². The van der Waals surface area contributed by atoms with Crippen molar-refractivity contribution in [1.82, 2.24) is 4.90 Å². The van der Waals surface area contributed by atoms with Crippen LogP contribution >= 0.6 is 11.3 Å². The van der Waals surface area contributed by atoms with Gasteiger partial charge in [-0.15, -0.1) is 11.3 Å². The minimum atomic E-state index is -0.682. The molecule has 0 bridgehead atoms. The molecule has 0 aromatic carbocycles. The third-order valence-electron chi connectivity index (χ3n) is 4.77. The highest BCUT2D eigenvalue weighted by molar-refractivity contribution is 7.10. The maximum Gasteiger partial charge on any atom is 0.325 e. The first-order chi connectivity index (χ1) is 9.75. The quantitative estimate of drug-likeness (QED) is 0.864. The summed E-state index contributed by atoms with van der Waals surface area (Å²) in [6.07, 6.45) is 8.92. The number of carboxylic acid groups (broad SMARTS) is 1. The predicted octanol–water partition coefficient (Wildman–Crippen LogP) is 3.70. The van der Waals surface area contributed by atoms with Crippen LogP contribution in [0.1, 0.15) is 55.0 Å². The van der Waals surface area contributed by atoms with E-state index in [-0.39, 0.29) is 0 Å². The summed E-state index contributed by atoms with van der Waals surface area (Å²) in [5.74, 6) is 0.0116. The van der Waals surface area contributed by atoms with Crippen LogP contribution in [0, 0.1) is 5.92 Å². The van der Waals surface area contributed by atoms with Crippen LogP contribution in [-0.2, 0) is 11.2 Å². The van der Waals surface area contributed by atoms with E-state index in [1.807, 2.05) is 11.4 Å². The highest BCUT2D eigenvalue weighted by Crippen LogP contribution is 2.35. The first-order valence-electron chi connectivity index (χ1n) is 7.79. The number of aliphatic carboxylic acids is 1. The highest BCUT2D eigenvalue weighted by atomic mass is 32.1. The van der Waals surface area contributed by atoms with Crippen molar-refractivity contribution in [2.24, 2.45) is 5.92 Å². The standard InChI is InChI=1S/C16H23NO2S/c18-16(19)15-13-8-10-20-14(13)7-9-17(15)11-12-5-3-1-2-4-6-12/h8,10,12,15H,1-7,9,11H2,(H,18,19). The van der Waals surface area contributed by atoms with Gasteiger partial charge in [0.1, 0.15) is 6.04 Å². The van der Waals surface area contributed by atoms with Crippen LogP contribution in [0.5, 0.6) is 0 Å². The zero-order chi connectivity index (χ0) is 13.9. The van der Waals surface area contributed by atoms with Crippen LogP contribution in [0.15, 0.2) is 11.4 Å². The van der Waals surface area contributed by atoms with Gasteiger partial charge in [-0.25, -0.2) is 0 Å². The second-order valence-electron chi connectivity index (χ2n) is 6.14. The lowest BCUT2D eigenvalue weighted by molar-refractivity contribution is -0.144. The van der Waals surface area contributed by atoms with E-state index in [1.54, 1.807) is 11.3 Å². The summed E-state index contributed by atoms with van der Waals surface area (Å²) in [6.45, 7) is 1.87. The van der Waals surface area contributed by atoms with Gasteiger partial charge in [0.2, 0.25) is 0 Å². The molecule has 4 heteroatoms. The van der Waals surface area contributed by atoms with Gasteiger partial charge in [-0.05, 0) is 42.2 Å². The summed E-state index contributed by atoms with van der Waals surface area (Å²) in [7, 11) is 0. The fourth-order valence-electron chi connectivity index (χ4n) is 3.73. The lowest BCUT2D eigenvalue weighted by Crippen LogP contribution is -2.41. The van der Waals surface area contributed by atoms with Crippen molar-refractivity contribution >= 4 is 17.3 Å². The monoisotopic (exact) mass is 293 g/mol. The summed E-state index contributed by atoms with van der Waals surface area (Å²) in [4.78, 5) is 15.2. The second-order valence-corrected chi connectivity index (χ2v) is 7.14. The number of hydrogen-bond donors (Lipinski definition) is 1. The zero-order valence-corrected chi connectivity index (χ0v) is 12.7. The minimum absolute atomic E-state index is 0.409. The number of carbonyl (C=O) groups is 1. The number of carboxylic acids is 1. The Morgan fingerprint density at radius 1 is 1.30 bits per heavy atom. The molecule has 1 fully saturated rings. The lowest BCUT2D eigenvalue weighted by atomic mass is 9.95. The van der Waals surface area contributed by atoms with Crippen molar-refractivity contribution < 1.29 is 9.90 Å². The Morgan fingerprint density at radius 3 is 2.75 bits per heavy atom. The molecule has 1 aromatic heterocycles. The van der Waals surface area contributed by atoms with E-state index in [4.69, 9.17) is 0 Å². The Balaban J connectivity index is 1.73. The van der Waals surface area contributed by atoms with Crippen LogP contribution in [0.4, 0.5) is 0 Å². The molecule has 1 unspecified atom stereocenters. The van der Waals surface area contributed by atoms with Crippen LogP contribution in [0.3, 0.4) is 0 Å². The molecule has 0 saturated heterocycles. The van der Waals surface area contributed by atoms with Gasteiger partial charge in [0.15, 0.2) is 0 Å². The van der Waals surface area contributed by atoms with E-state index in [1.165, 1.54) is 43.4 Å². The van der Waals surface area contributed by atoms with Crippen LogP contribution in [0.2, 0.25) is 0 Å². The van der Waals surface area contributed by atoms with Gasteiger partial charge < -0.3 is 5.11 Å². The molecule has 1 aliphatic heterocycles. The van der Waals surface area contributed by atoms with Gasteiger partial charge in [0.25, 0.3) is 0 Å². The van der Waals surface area contributed by atoms with E-state index in [0.717, 1.165) is 25.1 Å². The molecule has 0 spiro atoms. The van der Waals surface area contributed by atoms with Gasteiger partial charge in [0, 0.05) is 18.0 Å². The van der Waals surface area contributed by atoms with E-state index in [0.29, 0.717) is 5.92 Å². The molecule has 2 heterocycles. The largest absolute Gasteiger partial charge is 0.480 e. The molecule has 1 aromatic rings. The average Bonchev–Trinajstić information content (AvgIpc) is 2.75. The van der Waals surface area contributed by atoms with Gasteiger partial charge in [-0.2, -0.15) is 0 Å².